The van der Waals surface area contributed by atoms with Gasteiger partial charge in [0.05, 0.1) is 12.8 Å². The van der Waals surface area contributed by atoms with E-state index in [0.29, 0.717) is 11.4 Å². The highest BCUT2D eigenvalue weighted by Crippen LogP contribution is 2.24. The maximum Gasteiger partial charge on any atom is 0.261 e. The summed E-state index contributed by atoms with van der Waals surface area (Å²) in [4.78, 5) is 39.4. The number of rotatable bonds is 6. The lowest BCUT2D eigenvalue weighted by molar-refractivity contribution is -0.131. The van der Waals surface area contributed by atoms with Crippen molar-refractivity contribution in [2.24, 2.45) is 5.92 Å². The first-order valence-corrected chi connectivity index (χ1v) is 10.4. The summed E-state index contributed by atoms with van der Waals surface area (Å²) in [5.41, 5.74) is 2.93. The number of hydrogen-bond acceptors (Lipinski definition) is 6. The lowest BCUT2D eigenvalue weighted by Gasteiger charge is -2.31. The second kappa shape index (κ2) is 10.1. The third-order valence-electron chi connectivity index (χ3n) is 5.26. The Balaban J connectivity index is 1.80. The van der Waals surface area contributed by atoms with Crippen LogP contribution in [0.2, 0.25) is 0 Å². The first-order chi connectivity index (χ1) is 15.7. The number of thiocarbonyl (C=S) groups is 1. The molecule has 2 aromatic rings. The van der Waals surface area contributed by atoms with E-state index < -0.39 is 23.6 Å². The zero-order valence-corrected chi connectivity index (χ0v) is 19.2. The van der Waals surface area contributed by atoms with E-state index in [9.17, 15) is 19.6 Å². The molecule has 1 aliphatic rings. The number of aryl methyl sites for hydroxylation is 2. The quantitative estimate of drug-likeness (QED) is 0.295. The number of nitrogens with zero attached hydrogens (tertiary/aromatic N) is 2. The Morgan fingerprint density at radius 3 is 2.52 bits per heavy atom. The van der Waals surface area contributed by atoms with Gasteiger partial charge in [-0.25, -0.2) is 0 Å². The molecule has 1 saturated heterocycles. The smallest absolute Gasteiger partial charge is 0.261 e. The molecule has 1 aliphatic heterocycles. The number of methoxy groups -OCH3 is 1. The van der Waals surface area contributed by atoms with Gasteiger partial charge in [0.1, 0.15) is 23.3 Å². The second-order valence-corrected chi connectivity index (χ2v) is 7.82. The molecule has 0 radical (unpaired) electrons. The molecule has 0 aliphatic carbocycles. The molecule has 0 unspecified atom stereocenters. The van der Waals surface area contributed by atoms with Crippen LogP contribution in [0.3, 0.4) is 0 Å². The van der Waals surface area contributed by atoms with Crippen LogP contribution in [-0.2, 0) is 20.9 Å². The molecule has 9 heteroatoms. The number of nitriles is 1. The van der Waals surface area contributed by atoms with Crippen LogP contribution in [-0.4, -0.2) is 29.9 Å². The number of hydrogen-bond donors (Lipinski definition) is 2. The van der Waals surface area contributed by atoms with Gasteiger partial charge < -0.3 is 15.4 Å². The second-order valence-electron chi connectivity index (χ2n) is 7.44. The average molecular weight is 463 g/mol. The van der Waals surface area contributed by atoms with Crippen molar-refractivity contribution in [1.29, 1.82) is 5.26 Å². The molecule has 1 heterocycles. The molecule has 168 valence electrons. The molecular weight excluding hydrogens is 440 g/mol. The summed E-state index contributed by atoms with van der Waals surface area (Å²) in [6, 6.07) is 14.2. The number of carbonyl (C=O) groups is 3. The molecule has 0 saturated carbocycles. The summed E-state index contributed by atoms with van der Waals surface area (Å²) in [5, 5.41) is 14.5. The van der Waals surface area contributed by atoms with Crippen molar-refractivity contribution in [2.45, 2.75) is 20.4 Å². The van der Waals surface area contributed by atoms with Gasteiger partial charge in [0.2, 0.25) is 11.8 Å². The number of benzene rings is 2. The molecule has 1 fully saturated rings. The minimum absolute atomic E-state index is 0.0552. The Kier molecular flexibility index (Phi) is 7.20. The zero-order valence-electron chi connectivity index (χ0n) is 18.3. The number of ether oxygens (including phenoxy) is 1. The predicted molar refractivity (Wildman–Crippen MR) is 126 cm³/mol. The summed E-state index contributed by atoms with van der Waals surface area (Å²) < 4.78 is 5.09. The summed E-state index contributed by atoms with van der Waals surface area (Å²) in [5.74, 6) is -2.72. The fourth-order valence-electron chi connectivity index (χ4n) is 3.20. The van der Waals surface area contributed by atoms with Crippen molar-refractivity contribution in [2.75, 3.05) is 12.0 Å². The van der Waals surface area contributed by atoms with E-state index in [4.69, 9.17) is 17.0 Å². The van der Waals surface area contributed by atoms with Gasteiger partial charge in [-0.15, -0.1) is 0 Å². The Labute approximate surface area is 196 Å². The zero-order chi connectivity index (χ0) is 24.1. The molecule has 3 amide bonds. The molecule has 0 bridgehead atoms. The van der Waals surface area contributed by atoms with Crippen molar-refractivity contribution in [3.8, 4) is 11.8 Å². The van der Waals surface area contributed by atoms with Crippen molar-refractivity contribution in [3.63, 3.8) is 0 Å². The van der Waals surface area contributed by atoms with Gasteiger partial charge in [-0.05, 0) is 73.1 Å². The van der Waals surface area contributed by atoms with E-state index in [-0.39, 0.29) is 17.2 Å². The first kappa shape index (κ1) is 23.6. The highest BCUT2D eigenvalue weighted by Gasteiger charge is 2.39. The number of anilines is 1. The first-order valence-electron chi connectivity index (χ1n) is 10.0. The van der Waals surface area contributed by atoms with E-state index in [2.05, 4.69) is 10.6 Å². The van der Waals surface area contributed by atoms with Gasteiger partial charge in [-0.1, -0.05) is 18.2 Å². The van der Waals surface area contributed by atoms with Gasteiger partial charge in [-0.2, -0.15) is 5.26 Å². The Morgan fingerprint density at radius 1 is 1.21 bits per heavy atom. The highest BCUT2D eigenvalue weighted by atomic mass is 32.1. The van der Waals surface area contributed by atoms with Crippen LogP contribution in [0.1, 0.15) is 16.7 Å². The van der Waals surface area contributed by atoms with E-state index in [0.717, 1.165) is 22.8 Å². The third-order valence-corrected chi connectivity index (χ3v) is 5.55. The van der Waals surface area contributed by atoms with Gasteiger partial charge in [-0.3, -0.25) is 19.3 Å². The van der Waals surface area contributed by atoms with Crippen molar-refractivity contribution in [3.05, 3.63) is 70.8 Å². The number of nitrogens with one attached hydrogen (secondary N) is 2. The summed E-state index contributed by atoms with van der Waals surface area (Å²) >= 11 is 5.20. The molecule has 2 N–H and O–H groups in total. The molecule has 8 nitrogen and oxygen atoms in total. The molecular formula is C24H22N4O4S. The van der Waals surface area contributed by atoms with Crippen molar-refractivity contribution >= 4 is 40.7 Å². The topological polar surface area (TPSA) is 112 Å². The Morgan fingerprint density at radius 2 is 1.91 bits per heavy atom. The van der Waals surface area contributed by atoms with Crippen LogP contribution in [0.25, 0.3) is 0 Å². The highest BCUT2D eigenvalue weighted by molar-refractivity contribution is 7.80. The lowest BCUT2D eigenvalue weighted by Crippen LogP contribution is -2.57. The van der Waals surface area contributed by atoms with Crippen LogP contribution in [0, 0.1) is 31.1 Å². The summed E-state index contributed by atoms with van der Waals surface area (Å²) in [6.45, 7) is 3.99. The van der Waals surface area contributed by atoms with Crippen LogP contribution in [0.5, 0.6) is 5.75 Å². The Hall–Kier alpha value is -4.03. The molecule has 3 rings (SSSR count). The monoisotopic (exact) mass is 462 g/mol. The summed E-state index contributed by atoms with van der Waals surface area (Å²) in [6.07, 6.45) is 1.07. The van der Waals surface area contributed by atoms with Gasteiger partial charge in [0.25, 0.3) is 5.91 Å². The minimum atomic E-state index is -1.38. The number of amides is 3. The minimum Gasteiger partial charge on any atom is -0.497 e. The molecule has 1 atom stereocenters. The predicted octanol–water partition coefficient (Wildman–Crippen LogP) is 2.44. The van der Waals surface area contributed by atoms with Gasteiger partial charge in [0.15, 0.2) is 5.11 Å². The van der Waals surface area contributed by atoms with Crippen LogP contribution in [0.4, 0.5) is 5.69 Å². The largest absolute Gasteiger partial charge is 0.497 e. The Bertz CT molecular complexity index is 1200. The van der Waals surface area contributed by atoms with Gasteiger partial charge in [0, 0.05) is 6.54 Å². The van der Waals surface area contributed by atoms with Crippen molar-refractivity contribution < 1.29 is 19.1 Å². The fourth-order valence-corrected chi connectivity index (χ4v) is 3.49. The lowest BCUT2D eigenvalue weighted by atomic mass is 10.00. The molecule has 0 spiro atoms. The fraction of sp³-hybridized carbons (Fsp3) is 0.208. The average Bonchev–Trinajstić information content (AvgIpc) is 2.80. The molecule has 33 heavy (non-hydrogen) atoms. The van der Waals surface area contributed by atoms with Gasteiger partial charge >= 0.3 is 0 Å². The van der Waals surface area contributed by atoms with Crippen molar-refractivity contribution in [1.82, 2.24) is 10.6 Å². The third kappa shape index (κ3) is 5.25. The maximum absolute atomic E-state index is 13.1. The summed E-state index contributed by atoms with van der Waals surface area (Å²) in [7, 11) is 1.55. The standard InChI is InChI=1S/C24H22N4O4S/c1-14-4-7-18(10-15(14)2)28-23(31)20(22(30)27-24(28)33)11-17(12-25)21(29)26-13-16-5-8-19(32-3)9-6-16/h4-11,20H,13H2,1-3H3,(H,26,29)(H,27,30,33)/b17-11+/t20-/m0/s1. The van der Waals surface area contributed by atoms with Crippen LogP contribution >= 0.6 is 12.2 Å². The van der Waals surface area contributed by atoms with E-state index in [1.165, 1.54) is 4.90 Å². The molecule has 2 aromatic carbocycles. The van der Waals surface area contributed by atoms with Crippen LogP contribution in [0.15, 0.2) is 54.1 Å². The van der Waals surface area contributed by atoms with Crippen LogP contribution < -0.4 is 20.3 Å². The molecule has 0 aromatic heterocycles. The van der Waals surface area contributed by atoms with E-state index in [1.807, 2.05) is 19.9 Å². The number of carbonyl (C=O) groups excluding carboxylic acids is 3. The van der Waals surface area contributed by atoms with E-state index in [1.54, 1.807) is 49.6 Å². The maximum atomic E-state index is 13.1. The normalized spacial score (nSPS) is 16.2. The van der Waals surface area contributed by atoms with E-state index >= 15 is 0 Å². The SMILES string of the molecule is COc1ccc(CNC(=O)/C(C#N)=C/[C@H]2C(=O)NC(=S)N(c3ccc(C)c(C)c3)C2=O)cc1.